The van der Waals surface area contributed by atoms with Crippen molar-refractivity contribution in [1.29, 1.82) is 0 Å². The molecule has 292 valence electrons. The van der Waals surface area contributed by atoms with Crippen molar-refractivity contribution in [3.63, 3.8) is 0 Å². The van der Waals surface area contributed by atoms with E-state index < -0.39 is 99.3 Å². The van der Waals surface area contributed by atoms with Crippen molar-refractivity contribution in [2.45, 2.75) is 92.6 Å². The predicted octanol–water partition coefficient (Wildman–Crippen LogP) is 9.89. The molecule has 0 radical (unpaired) electrons. The van der Waals surface area contributed by atoms with Gasteiger partial charge in [-0.3, -0.25) is 9.47 Å². The van der Waals surface area contributed by atoms with Crippen molar-refractivity contribution in [3.8, 4) is 0 Å². The largest absolute Gasteiger partial charge is 0.559 e. The second kappa shape index (κ2) is 13.2. The first-order chi connectivity index (χ1) is 20.1. The van der Waals surface area contributed by atoms with Crippen LogP contribution in [0.5, 0.6) is 0 Å². The Kier molecular flexibility index (Phi) is 13.2. The maximum atomic E-state index is 13.9. The zero-order chi connectivity index (χ0) is 40.0. The van der Waals surface area contributed by atoms with Gasteiger partial charge in [0.1, 0.15) is 0 Å². The Labute approximate surface area is 242 Å². The van der Waals surface area contributed by atoms with Gasteiger partial charge in [0.2, 0.25) is 0 Å². The summed E-state index contributed by atoms with van der Waals surface area (Å²) in [5, 5.41) is 0. The number of alkyl halides is 28. The van der Waals surface area contributed by atoms with E-state index >= 15 is 0 Å². The molecule has 0 aromatic carbocycles. The molecule has 0 N–H and O–H groups in total. The quantitative estimate of drug-likeness (QED) is 0.155. The second-order valence-corrected chi connectivity index (χ2v) is 8.24. The molecule has 0 aliphatic rings. The molecule has 0 fully saturated rings. The normalized spacial score (nSPS) is 18.1. The topological polar surface area (TPSA) is 36.9 Å². The molecule has 0 saturated carbocycles. The summed E-state index contributed by atoms with van der Waals surface area (Å²) in [6.07, 6.45) is -58.3. The van der Waals surface area contributed by atoms with Crippen molar-refractivity contribution in [2.75, 3.05) is 6.67 Å². The number of hydrogen-bond acceptors (Lipinski definition) is 4. The molecule has 0 spiro atoms. The maximum Gasteiger partial charge on any atom is 0.559 e. The molecule has 0 aromatic rings. The van der Waals surface area contributed by atoms with E-state index in [4.69, 9.17) is 0 Å². The number of hydrogen-bond donors (Lipinski definition) is 0. The summed E-state index contributed by atoms with van der Waals surface area (Å²) in [5.41, 5.74) is 0. The molecular weight excluding hydrogens is 788 g/mol. The highest BCUT2D eigenvalue weighted by Crippen LogP contribution is 2.59. The molecule has 0 aliphatic heterocycles. The van der Waals surface area contributed by atoms with Gasteiger partial charge in [-0.05, 0) is 0 Å². The van der Waals surface area contributed by atoms with Gasteiger partial charge in [0.05, 0.1) is 0 Å². The van der Waals surface area contributed by atoms with E-state index in [-0.39, 0.29) is 0 Å². The summed E-state index contributed by atoms with van der Waals surface area (Å²) in [4.78, 5) is 0. The molecule has 0 aliphatic carbocycles. The minimum atomic E-state index is -8.77. The average Bonchev–Trinajstić information content (AvgIpc) is 2.73. The highest BCUT2D eigenvalue weighted by molar-refractivity contribution is 5.01. The predicted molar refractivity (Wildman–Crippen MR) is 87.1 cm³/mol. The van der Waals surface area contributed by atoms with Crippen molar-refractivity contribution in [1.82, 2.24) is 0 Å². The Morgan fingerprint density at radius 1 is 0.375 bits per heavy atom. The van der Waals surface area contributed by atoms with Crippen LogP contribution in [-0.4, -0.2) is 85.4 Å². The monoisotopic (exact) mass is 796 g/mol. The lowest BCUT2D eigenvalue weighted by atomic mass is 10.1. The summed E-state index contributed by atoms with van der Waals surface area (Å²) < 4.78 is 362. The average molecular weight is 796 g/mol. The van der Waals surface area contributed by atoms with Gasteiger partial charge < -0.3 is 0 Å². The van der Waals surface area contributed by atoms with Crippen LogP contribution in [0.4, 0.5) is 123 Å². The van der Waals surface area contributed by atoms with Gasteiger partial charge in [0.15, 0.2) is 6.67 Å². The zero-order valence-electron chi connectivity index (χ0n) is 21.4. The highest BCUT2D eigenvalue weighted by Gasteiger charge is 2.88. The standard InChI is InChI=1S/C15H8F24O4.CF4/c1-4(17,18)11(30,31)43-12(32,33)5(2,19)40-13(34,35)7(22,23)8(24,25)14(36,37)42-9(26,10(27,28)29)15(38,39)41-6(20,21)3-16;2-1(3,4)5/h3H2,1-2H3;. The van der Waals surface area contributed by atoms with Gasteiger partial charge in [-0.1, -0.05) is 0 Å². The van der Waals surface area contributed by atoms with Crippen LogP contribution < -0.4 is 0 Å². The van der Waals surface area contributed by atoms with Crippen molar-refractivity contribution < 1.29 is 142 Å². The number of ether oxygens (including phenoxy) is 4. The van der Waals surface area contributed by atoms with Crippen LogP contribution in [-0.2, 0) is 18.9 Å². The van der Waals surface area contributed by atoms with E-state index in [1.54, 1.807) is 9.47 Å². The van der Waals surface area contributed by atoms with Crippen LogP contribution in [0, 0.1) is 0 Å². The molecule has 0 saturated heterocycles. The molecule has 0 amide bonds. The van der Waals surface area contributed by atoms with E-state index in [9.17, 15) is 123 Å². The zero-order valence-corrected chi connectivity index (χ0v) is 21.4. The van der Waals surface area contributed by atoms with E-state index in [1.165, 1.54) is 4.74 Å². The third-order valence-corrected chi connectivity index (χ3v) is 4.17. The van der Waals surface area contributed by atoms with E-state index in [0.29, 0.717) is 0 Å². The first-order valence-corrected chi connectivity index (χ1v) is 10.1. The minimum absolute atomic E-state index is 0.982. The van der Waals surface area contributed by atoms with E-state index in [0.717, 1.165) is 0 Å². The highest BCUT2D eigenvalue weighted by atomic mass is 19.5. The van der Waals surface area contributed by atoms with Crippen molar-refractivity contribution >= 4 is 0 Å². The third-order valence-electron chi connectivity index (χ3n) is 4.17. The van der Waals surface area contributed by atoms with Gasteiger partial charge in [-0.25, -0.2) is 18.3 Å². The summed E-state index contributed by atoms with van der Waals surface area (Å²) in [5.74, 6) is -38.0. The molecule has 2 unspecified atom stereocenters. The lowest BCUT2D eigenvalue weighted by Gasteiger charge is -2.42. The lowest BCUT2D eigenvalue weighted by Crippen LogP contribution is -2.70. The van der Waals surface area contributed by atoms with Gasteiger partial charge in [-0.2, -0.15) is 96.6 Å². The fourth-order valence-electron chi connectivity index (χ4n) is 1.87. The van der Waals surface area contributed by atoms with Crippen LogP contribution in [0.1, 0.15) is 13.8 Å². The Balaban J connectivity index is 0. The Morgan fingerprint density at radius 2 is 0.688 bits per heavy atom. The van der Waals surface area contributed by atoms with Crippen LogP contribution >= 0.6 is 0 Å². The molecule has 48 heavy (non-hydrogen) atoms. The van der Waals surface area contributed by atoms with Gasteiger partial charge in [0.25, 0.3) is 0 Å². The first-order valence-electron chi connectivity index (χ1n) is 10.1. The molecular formula is C16H8F28O4. The molecule has 32 heteroatoms. The Morgan fingerprint density at radius 3 is 0.958 bits per heavy atom. The van der Waals surface area contributed by atoms with Crippen LogP contribution in [0.25, 0.3) is 0 Å². The fourth-order valence-corrected chi connectivity index (χ4v) is 1.87. The van der Waals surface area contributed by atoms with Crippen LogP contribution in [0.3, 0.4) is 0 Å². The molecule has 0 rings (SSSR count). The fraction of sp³-hybridized carbons (Fsp3) is 1.00. The van der Waals surface area contributed by atoms with Crippen molar-refractivity contribution in [2.24, 2.45) is 0 Å². The van der Waals surface area contributed by atoms with Crippen molar-refractivity contribution in [3.05, 3.63) is 0 Å². The van der Waals surface area contributed by atoms with Crippen LogP contribution in [0.2, 0.25) is 0 Å². The first kappa shape index (κ1) is 48.0. The smallest absolute Gasteiger partial charge is 0.270 e. The SMILES string of the molecule is CC(F)(F)C(F)(F)OC(F)(F)C(C)(F)OC(F)(F)C(F)(F)C(F)(F)C(F)(F)OC(F)(C(F)(F)F)C(F)(F)OC(F)(F)CF.FC(F)(F)F. The molecule has 0 heterocycles. The number of halogens is 28. The molecule has 4 nitrogen and oxygen atoms in total. The molecule has 0 aromatic heterocycles. The minimum Gasteiger partial charge on any atom is -0.270 e. The Hall–Kier alpha value is -2.12. The van der Waals surface area contributed by atoms with Gasteiger partial charge in [-0.15, -0.1) is 17.6 Å². The lowest BCUT2D eigenvalue weighted by molar-refractivity contribution is -0.560. The van der Waals surface area contributed by atoms with Gasteiger partial charge in [0, 0.05) is 13.8 Å². The second-order valence-electron chi connectivity index (χ2n) is 8.24. The third kappa shape index (κ3) is 10.4. The van der Waals surface area contributed by atoms with E-state index in [1.807, 2.05) is 4.74 Å². The number of rotatable bonds is 15. The summed E-state index contributed by atoms with van der Waals surface area (Å²) in [6.45, 7) is -6.13. The summed E-state index contributed by atoms with van der Waals surface area (Å²) in [6, 6.07) is 0. The van der Waals surface area contributed by atoms with Crippen LogP contribution in [0.15, 0.2) is 0 Å². The van der Waals surface area contributed by atoms with Gasteiger partial charge >= 0.3 is 78.7 Å². The maximum absolute atomic E-state index is 13.9. The molecule has 2 atom stereocenters. The molecule has 0 bridgehead atoms. The Bertz CT molecular complexity index is 1050. The summed E-state index contributed by atoms with van der Waals surface area (Å²) in [7, 11) is 0. The summed E-state index contributed by atoms with van der Waals surface area (Å²) >= 11 is 0. The van der Waals surface area contributed by atoms with E-state index in [2.05, 4.69) is 0 Å².